The van der Waals surface area contributed by atoms with Crippen molar-refractivity contribution in [3.8, 4) is 0 Å². The van der Waals surface area contributed by atoms with Crippen molar-refractivity contribution in [2.24, 2.45) is 10.9 Å². The van der Waals surface area contributed by atoms with Gasteiger partial charge in [-0.3, -0.25) is 14.7 Å². The van der Waals surface area contributed by atoms with E-state index in [1.54, 1.807) is 0 Å². The van der Waals surface area contributed by atoms with Gasteiger partial charge in [0.2, 0.25) is 5.91 Å². The molecule has 0 aromatic heterocycles. The first-order valence-corrected chi connectivity index (χ1v) is 10.5. The van der Waals surface area contributed by atoms with Crippen LogP contribution in [0.3, 0.4) is 0 Å². The molecule has 28 heavy (non-hydrogen) atoms. The highest BCUT2D eigenvalue weighted by Gasteiger charge is 2.28. The maximum Gasteiger partial charge on any atom is 0.225 e. The number of nitrogens with zero attached hydrogens (tertiary/aromatic N) is 3. The van der Waals surface area contributed by atoms with Gasteiger partial charge in [-0.15, -0.1) is 0 Å². The number of rotatable bonds is 8. The lowest BCUT2D eigenvalue weighted by atomic mass is 10.2. The molecule has 1 amide bonds. The van der Waals surface area contributed by atoms with Crippen molar-refractivity contribution in [3.05, 3.63) is 35.9 Å². The smallest absolute Gasteiger partial charge is 0.225 e. The maximum absolute atomic E-state index is 12.2. The van der Waals surface area contributed by atoms with Gasteiger partial charge in [0.1, 0.15) is 0 Å². The predicted octanol–water partition coefficient (Wildman–Crippen LogP) is 2.32. The summed E-state index contributed by atoms with van der Waals surface area (Å²) in [7, 11) is 2.14. The molecule has 1 saturated heterocycles. The third kappa shape index (κ3) is 6.82. The van der Waals surface area contributed by atoms with Gasteiger partial charge in [0.05, 0.1) is 6.54 Å². The van der Waals surface area contributed by atoms with Gasteiger partial charge in [-0.05, 0) is 32.9 Å². The van der Waals surface area contributed by atoms with Gasteiger partial charge >= 0.3 is 0 Å². The summed E-state index contributed by atoms with van der Waals surface area (Å²) < 4.78 is 0. The molecular formula is C22H37N5O. The van der Waals surface area contributed by atoms with E-state index in [0.29, 0.717) is 6.04 Å². The van der Waals surface area contributed by atoms with Crippen molar-refractivity contribution in [1.82, 2.24) is 20.4 Å². The number of benzene rings is 1. The van der Waals surface area contributed by atoms with E-state index in [1.165, 1.54) is 5.56 Å². The Hall–Kier alpha value is -2.08. The maximum atomic E-state index is 12.2. The molecule has 1 aromatic rings. The zero-order chi connectivity index (χ0) is 20.5. The van der Waals surface area contributed by atoms with E-state index in [2.05, 4.69) is 60.7 Å². The molecule has 1 heterocycles. The molecule has 0 radical (unpaired) electrons. The summed E-state index contributed by atoms with van der Waals surface area (Å²) in [6, 6.07) is 11.1. The monoisotopic (exact) mass is 387 g/mol. The fraction of sp³-hybridized carbons (Fsp3) is 0.636. The van der Waals surface area contributed by atoms with Crippen LogP contribution < -0.4 is 10.6 Å². The topological polar surface area (TPSA) is 60.0 Å². The number of amides is 1. The normalized spacial score (nSPS) is 18.6. The molecule has 1 aliphatic heterocycles. The largest absolute Gasteiger partial charge is 0.357 e. The van der Waals surface area contributed by atoms with E-state index in [-0.39, 0.29) is 17.9 Å². The van der Waals surface area contributed by atoms with Crippen molar-refractivity contribution in [2.45, 2.75) is 52.7 Å². The quantitative estimate of drug-likeness (QED) is 0.531. The van der Waals surface area contributed by atoms with Crippen molar-refractivity contribution >= 4 is 11.9 Å². The number of carbonyl (C=O) groups excluding carboxylic acids is 1. The fourth-order valence-corrected chi connectivity index (χ4v) is 3.35. The molecule has 0 bridgehead atoms. The van der Waals surface area contributed by atoms with Crippen LogP contribution in [0.2, 0.25) is 0 Å². The highest BCUT2D eigenvalue weighted by atomic mass is 16.2. The minimum Gasteiger partial charge on any atom is -0.357 e. The number of likely N-dealkylation sites (tertiary alicyclic amines) is 1. The molecule has 6 heteroatoms. The number of hydrogen-bond acceptors (Lipinski definition) is 3. The molecule has 2 unspecified atom stereocenters. The second-order valence-electron chi connectivity index (χ2n) is 8.04. The molecule has 1 aliphatic rings. The Morgan fingerprint density at radius 3 is 2.64 bits per heavy atom. The Morgan fingerprint density at radius 1 is 1.29 bits per heavy atom. The molecule has 6 nitrogen and oxygen atoms in total. The van der Waals surface area contributed by atoms with E-state index in [0.717, 1.165) is 45.1 Å². The highest BCUT2D eigenvalue weighted by Crippen LogP contribution is 2.13. The third-order valence-corrected chi connectivity index (χ3v) is 5.22. The molecule has 2 rings (SSSR count). The average Bonchev–Trinajstić information content (AvgIpc) is 3.14. The van der Waals surface area contributed by atoms with Crippen LogP contribution >= 0.6 is 0 Å². The zero-order valence-electron chi connectivity index (χ0n) is 18.1. The molecule has 156 valence electrons. The highest BCUT2D eigenvalue weighted by molar-refractivity contribution is 5.81. The van der Waals surface area contributed by atoms with E-state index < -0.39 is 0 Å². The van der Waals surface area contributed by atoms with Crippen LogP contribution in [0.4, 0.5) is 0 Å². The zero-order valence-corrected chi connectivity index (χ0v) is 18.1. The minimum absolute atomic E-state index is 0.0571. The first kappa shape index (κ1) is 22.2. The average molecular weight is 388 g/mol. The molecule has 0 spiro atoms. The van der Waals surface area contributed by atoms with E-state index in [9.17, 15) is 4.79 Å². The van der Waals surface area contributed by atoms with E-state index in [1.807, 2.05) is 24.8 Å². The van der Waals surface area contributed by atoms with Crippen LogP contribution in [0.15, 0.2) is 35.3 Å². The Labute approximate surface area is 170 Å². The number of nitrogens with one attached hydrogen (secondary N) is 2. The third-order valence-electron chi connectivity index (χ3n) is 5.22. The lowest BCUT2D eigenvalue weighted by molar-refractivity contribution is -0.133. The summed E-state index contributed by atoms with van der Waals surface area (Å²) in [5.74, 6) is 1.13. The second kappa shape index (κ2) is 11.1. The van der Waals surface area contributed by atoms with Crippen molar-refractivity contribution in [3.63, 3.8) is 0 Å². The van der Waals surface area contributed by atoms with Crippen LogP contribution in [0.5, 0.6) is 0 Å². The van der Waals surface area contributed by atoms with Gasteiger partial charge in [-0.2, -0.15) is 0 Å². The van der Waals surface area contributed by atoms with Crippen LogP contribution in [-0.4, -0.2) is 67.0 Å². The van der Waals surface area contributed by atoms with Crippen molar-refractivity contribution in [2.75, 3.05) is 33.2 Å². The Bertz CT molecular complexity index is 631. The van der Waals surface area contributed by atoms with Gasteiger partial charge in [0.25, 0.3) is 0 Å². The van der Waals surface area contributed by atoms with Crippen LogP contribution in [-0.2, 0) is 11.3 Å². The molecule has 1 fully saturated rings. The number of hydrogen-bond donors (Lipinski definition) is 2. The van der Waals surface area contributed by atoms with Gasteiger partial charge in [-0.25, -0.2) is 0 Å². The van der Waals surface area contributed by atoms with Crippen LogP contribution in [0.1, 0.15) is 39.7 Å². The van der Waals surface area contributed by atoms with Crippen LogP contribution in [0.25, 0.3) is 0 Å². The first-order chi connectivity index (χ1) is 13.4. The molecule has 2 atom stereocenters. The summed E-state index contributed by atoms with van der Waals surface area (Å²) in [6.45, 7) is 12.2. The van der Waals surface area contributed by atoms with Gasteiger partial charge < -0.3 is 15.5 Å². The molecule has 2 N–H and O–H groups in total. The van der Waals surface area contributed by atoms with E-state index >= 15 is 0 Å². The number of carbonyl (C=O) groups is 1. The summed E-state index contributed by atoms with van der Waals surface area (Å²) in [4.78, 5) is 21.3. The van der Waals surface area contributed by atoms with E-state index in [4.69, 9.17) is 4.99 Å². The molecule has 0 aliphatic carbocycles. The Morgan fingerprint density at radius 2 is 2.00 bits per heavy atom. The standard InChI is InChI=1S/C22H37N5O/c1-6-23-22(25-20-12-13-27(16-20)21(28)17(2)3)24-14-18(4)26(5)15-19-10-8-7-9-11-19/h7-11,17-18,20H,6,12-16H2,1-5H3,(H2,23,24,25). The summed E-state index contributed by atoms with van der Waals surface area (Å²) >= 11 is 0. The first-order valence-electron chi connectivity index (χ1n) is 10.5. The van der Waals surface area contributed by atoms with Gasteiger partial charge in [0.15, 0.2) is 5.96 Å². The molecule has 1 aromatic carbocycles. The number of aliphatic imine (C=N–C) groups is 1. The minimum atomic E-state index is 0.0571. The summed E-state index contributed by atoms with van der Waals surface area (Å²) in [6.07, 6.45) is 0.965. The number of guanidine groups is 1. The summed E-state index contributed by atoms with van der Waals surface area (Å²) in [5.41, 5.74) is 1.31. The van der Waals surface area contributed by atoms with Crippen molar-refractivity contribution < 1.29 is 4.79 Å². The lowest BCUT2D eigenvalue weighted by Crippen LogP contribution is -2.46. The second-order valence-corrected chi connectivity index (χ2v) is 8.04. The lowest BCUT2D eigenvalue weighted by Gasteiger charge is -2.24. The molecular weight excluding hydrogens is 350 g/mol. The van der Waals surface area contributed by atoms with Crippen LogP contribution in [0, 0.1) is 5.92 Å². The van der Waals surface area contributed by atoms with Crippen molar-refractivity contribution in [1.29, 1.82) is 0 Å². The predicted molar refractivity (Wildman–Crippen MR) is 116 cm³/mol. The SMILES string of the molecule is CCNC(=NCC(C)N(C)Cc1ccccc1)NC1CCN(C(=O)C(C)C)C1. The fourth-order valence-electron chi connectivity index (χ4n) is 3.35. The summed E-state index contributed by atoms with van der Waals surface area (Å²) in [5, 5.41) is 6.85. The number of likely N-dealkylation sites (N-methyl/N-ethyl adjacent to an activating group) is 1. The Kier molecular flexibility index (Phi) is 8.77. The van der Waals surface area contributed by atoms with Gasteiger partial charge in [0, 0.05) is 44.2 Å². The Balaban J connectivity index is 1.86. The molecule has 0 saturated carbocycles. The van der Waals surface area contributed by atoms with Gasteiger partial charge in [-0.1, -0.05) is 44.2 Å².